The Morgan fingerprint density at radius 2 is 1.86 bits per heavy atom. The monoisotopic (exact) mass is 423 g/mol. The molecule has 1 saturated heterocycles. The Morgan fingerprint density at radius 3 is 2.41 bits per heavy atom. The third-order valence-electron chi connectivity index (χ3n) is 5.46. The maximum atomic E-state index is 12.2. The van der Waals surface area contributed by atoms with Crippen molar-refractivity contribution in [2.45, 2.75) is 69.5 Å². The summed E-state index contributed by atoms with van der Waals surface area (Å²) < 4.78 is 17.2. The van der Waals surface area contributed by atoms with Crippen molar-refractivity contribution in [2.75, 3.05) is 6.61 Å². The van der Waals surface area contributed by atoms with E-state index in [2.05, 4.69) is 10.0 Å². The van der Waals surface area contributed by atoms with Crippen LogP contribution in [0.2, 0.25) is 18.1 Å². The van der Waals surface area contributed by atoms with Crippen molar-refractivity contribution >= 4 is 14.3 Å². The number of benzene rings is 1. The summed E-state index contributed by atoms with van der Waals surface area (Å²) in [6.07, 6.45) is -4.92. The second-order valence-corrected chi connectivity index (χ2v) is 13.3. The molecule has 1 heterocycles. The van der Waals surface area contributed by atoms with E-state index in [0.717, 1.165) is 0 Å². The fourth-order valence-corrected chi connectivity index (χ4v) is 3.75. The molecule has 0 spiro atoms. The van der Waals surface area contributed by atoms with Crippen LogP contribution in [0, 0.1) is 0 Å². The highest BCUT2D eigenvalue weighted by atomic mass is 28.4. The minimum absolute atomic E-state index is 0.159. The van der Waals surface area contributed by atoms with Crippen molar-refractivity contribution in [3.63, 3.8) is 0 Å². The molecule has 5 atom stereocenters. The van der Waals surface area contributed by atoms with Crippen molar-refractivity contribution in [2.24, 2.45) is 5.11 Å². The molecule has 1 aliphatic heterocycles. The van der Waals surface area contributed by atoms with Gasteiger partial charge in [0.2, 0.25) is 0 Å². The van der Waals surface area contributed by atoms with Gasteiger partial charge < -0.3 is 24.1 Å². The zero-order valence-electron chi connectivity index (χ0n) is 17.3. The molecule has 1 fully saturated rings. The number of ether oxygens (including phenoxy) is 2. The van der Waals surface area contributed by atoms with Gasteiger partial charge in [0, 0.05) is 4.91 Å². The van der Waals surface area contributed by atoms with E-state index in [0.29, 0.717) is 5.56 Å². The highest BCUT2D eigenvalue weighted by molar-refractivity contribution is 6.74. The third-order valence-corrected chi connectivity index (χ3v) is 9.89. The van der Waals surface area contributed by atoms with Gasteiger partial charge in [-0.15, -0.1) is 0 Å². The van der Waals surface area contributed by atoms with E-state index < -0.39 is 44.9 Å². The third kappa shape index (κ3) is 5.56. The van der Waals surface area contributed by atoms with Gasteiger partial charge in [0.05, 0.1) is 11.7 Å². The van der Waals surface area contributed by atoms with Gasteiger partial charge in [-0.2, -0.15) is 0 Å². The van der Waals surface area contributed by atoms with Crippen LogP contribution < -0.4 is 0 Å². The summed E-state index contributed by atoms with van der Waals surface area (Å²) in [6, 6.07) is 7.29. The molecule has 2 N–H and O–H groups in total. The molecule has 0 amide bonds. The molecule has 0 saturated carbocycles. The summed E-state index contributed by atoms with van der Waals surface area (Å²) >= 11 is 0. The molecular formula is C19H29N3O6Si. The molecule has 9 nitrogen and oxygen atoms in total. The molecule has 1 aromatic carbocycles. The SMILES string of the molecule is CC(C)(C)[Si](C)(C)O[C@@H]1O[C@H](COC(=O)c2ccccc2)[C@H](O)[C@H](O)[C@H]1N=[N+]=[N-]. The molecule has 0 unspecified atom stereocenters. The number of aliphatic hydroxyl groups is 2. The van der Waals surface area contributed by atoms with Gasteiger partial charge in [0.25, 0.3) is 0 Å². The first-order valence-electron chi connectivity index (χ1n) is 9.44. The highest BCUT2D eigenvalue weighted by Crippen LogP contribution is 2.39. The number of carbonyl (C=O) groups is 1. The number of esters is 1. The molecule has 2 rings (SSSR count). The first kappa shape index (κ1) is 23.3. The quantitative estimate of drug-likeness (QED) is 0.237. The molecule has 0 aliphatic carbocycles. The minimum Gasteiger partial charge on any atom is -0.459 e. The van der Waals surface area contributed by atoms with Crippen LogP contribution in [0.1, 0.15) is 31.1 Å². The van der Waals surface area contributed by atoms with E-state index in [9.17, 15) is 15.0 Å². The lowest BCUT2D eigenvalue weighted by molar-refractivity contribution is -0.242. The number of aliphatic hydroxyl groups excluding tert-OH is 2. The van der Waals surface area contributed by atoms with E-state index >= 15 is 0 Å². The Hall–Kier alpha value is -1.94. The first-order valence-corrected chi connectivity index (χ1v) is 12.3. The molecule has 0 radical (unpaired) electrons. The van der Waals surface area contributed by atoms with Gasteiger partial charge in [0.1, 0.15) is 24.9 Å². The molecule has 0 bridgehead atoms. The standard InChI is InChI=1S/C19H29N3O6Si/c1-19(2,3)29(4,5)28-18-14(21-22-20)16(24)15(23)13(27-18)11-26-17(25)12-9-7-6-8-10-12/h6-10,13-16,18,23-24H,11H2,1-5H3/t13-,14-,15+,16-,18+/m1/s1. The fraction of sp³-hybridized carbons (Fsp3) is 0.632. The molecule has 10 heteroatoms. The summed E-state index contributed by atoms with van der Waals surface area (Å²) in [5.41, 5.74) is 9.22. The van der Waals surface area contributed by atoms with E-state index in [-0.39, 0.29) is 11.6 Å². The van der Waals surface area contributed by atoms with Crippen LogP contribution in [0.5, 0.6) is 0 Å². The van der Waals surface area contributed by atoms with Gasteiger partial charge in [-0.05, 0) is 35.8 Å². The van der Waals surface area contributed by atoms with Crippen molar-refractivity contribution < 1.29 is 28.9 Å². The molecule has 0 aromatic heterocycles. The van der Waals surface area contributed by atoms with Crippen molar-refractivity contribution in [3.05, 3.63) is 46.3 Å². The zero-order chi connectivity index (χ0) is 21.8. The van der Waals surface area contributed by atoms with Crippen LogP contribution >= 0.6 is 0 Å². The lowest BCUT2D eigenvalue weighted by Gasteiger charge is -2.46. The number of nitrogens with zero attached hydrogens (tertiary/aromatic N) is 3. The topological polar surface area (TPSA) is 134 Å². The fourth-order valence-electron chi connectivity index (χ4n) is 2.62. The summed E-state index contributed by atoms with van der Waals surface area (Å²) in [4.78, 5) is 14.9. The second kappa shape index (κ2) is 9.25. The maximum absolute atomic E-state index is 12.2. The number of rotatable bonds is 6. The van der Waals surface area contributed by atoms with Gasteiger partial charge in [0.15, 0.2) is 14.6 Å². The molecule has 1 aromatic rings. The van der Waals surface area contributed by atoms with E-state index in [1.54, 1.807) is 30.3 Å². The number of hydrogen-bond donors (Lipinski definition) is 2. The number of carbonyl (C=O) groups excluding carboxylic acids is 1. The van der Waals surface area contributed by atoms with E-state index in [1.807, 2.05) is 33.9 Å². The van der Waals surface area contributed by atoms with Crippen LogP contribution in [0.4, 0.5) is 0 Å². The summed E-state index contributed by atoms with van der Waals surface area (Å²) in [6.45, 7) is 9.81. The maximum Gasteiger partial charge on any atom is 0.338 e. The van der Waals surface area contributed by atoms with Gasteiger partial charge in [-0.25, -0.2) is 4.79 Å². The van der Waals surface area contributed by atoms with Gasteiger partial charge in [-0.3, -0.25) is 0 Å². The second-order valence-electron chi connectivity index (χ2n) is 8.56. The molecule has 1 aliphatic rings. The number of azide groups is 1. The van der Waals surface area contributed by atoms with Crippen molar-refractivity contribution in [1.82, 2.24) is 0 Å². The average molecular weight is 424 g/mol. The number of hydrogen-bond acceptors (Lipinski definition) is 7. The van der Waals surface area contributed by atoms with Crippen LogP contribution in [-0.2, 0) is 13.9 Å². The Kier molecular flexibility index (Phi) is 7.44. The molecular weight excluding hydrogens is 394 g/mol. The molecule has 160 valence electrons. The average Bonchev–Trinajstić information content (AvgIpc) is 2.66. The highest BCUT2D eigenvalue weighted by Gasteiger charge is 2.49. The van der Waals surface area contributed by atoms with E-state index in [4.69, 9.17) is 19.4 Å². The van der Waals surface area contributed by atoms with Crippen molar-refractivity contribution in [3.8, 4) is 0 Å². The summed E-state index contributed by atoms with van der Waals surface area (Å²) in [7, 11) is -2.35. The Balaban J connectivity index is 2.15. The van der Waals surface area contributed by atoms with Gasteiger partial charge >= 0.3 is 5.97 Å². The van der Waals surface area contributed by atoms with Crippen molar-refractivity contribution in [1.29, 1.82) is 0 Å². The van der Waals surface area contributed by atoms with Crippen LogP contribution in [0.15, 0.2) is 35.4 Å². The summed E-state index contributed by atoms with van der Waals surface area (Å²) in [5, 5.41) is 24.3. The first-order chi connectivity index (χ1) is 13.5. The minimum atomic E-state index is -2.35. The van der Waals surface area contributed by atoms with Gasteiger partial charge in [-0.1, -0.05) is 44.1 Å². The van der Waals surface area contributed by atoms with Crippen LogP contribution in [0.25, 0.3) is 10.4 Å². The Labute approximate surface area is 171 Å². The largest absolute Gasteiger partial charge is 0.459 e. The zero-order valence-corrected chi connectivity index (χ0v) is 18.3. The van der Waals surface area contributed by atoms with Crippen LogP contribution in [0.3, 0.4) is 0 Å². The lowest BCUT2D eigenvalue weighted by atomic mass is 9.98. The Bertz CT molecular complexity index is 748. The lowest BCUT2D eigenvalue weighted by Crippen LogP contribution is -2.61. The van der Waals surface area contributed by atoms with Crippen LogP contribution in [-0.4, -0.2) is 61.8 Å². The van der Waals surface area contributed by atoms with E-state index in [1.165, 1.54) is 0 Å². The predicted octanol–water partition coefficient (Wildman–Crippen LogP) is 2.99. The summed E-state index contributed by atoms with van der Waals surface area (Å²) in [5.74, 6) is -0.574. The molecule has 29 heavy (non-hydrogen) atoms. The Morgan fingerprint density at radius 1 is 1.24 bits per heavy atom. The normalized spacial score (nSPS) is 27.8. The smallest absolute Gasteiger partial charge is 0.338 e. The predicted molar refractivity (Wildman–Crippen MR) is 109 cm³/mol.